The Bertz CT molecular complexity index is 1090. The molecule has 0 aliphatic carbocycles. The van der Waals surface area contributed by atoms with Crippen molar-refractivity contribution in [2.24, 2.45) is 0 Å². The van der Waals surface area contributed by atoms with Crippen LogP contribution in [-0.4, -0.2) is 19.6 Å². The van der Waals surface area contributed by atoms with Crippen LogP contribution in [0.2, 0.25) is 0 Å². The fourth-order valence-corrected chi connectivity index (χ4v) is 3.86. The normalized spacial score (nSPS) is 12.3. The van der Waals surface area contributed by atoms with E-state index in [4.69, 9.17) is 0 Å². The molecule has 2 aromatic heterocycles. The number of aromatic nitrogens is 4. The minimum absolute atomic E-state index is 0.179. The molecule has 0 fully saturated rings. The molecule has 5 heteroatoms. The number of nitrogens with one attached hydrogen (secondary N) is 1. The lowest BCUT2D eigenvalue weighted by Crippen LogP contribution is -2.20. The molecule has 1 atom stereocenters. The third-order valence-corrected chi connectivity index (χ3v) is 5.45. The van der Waals surface area contributed by atoms with Crippen LogP contribution in [0.4, 0.5) is 0 Å². The van der Waals surface area contributed by atoms with Gasteiger partial charge in [0.2, 0.25) is 0 Å². The van der Waals surface area contributed by atoms with Crippen LogP contribution in [0.15, 0.2) is 67.1 Å². The third kappa shape index (κ3) is 3.87. The maximum absolute atomic E-state index is 4.61. The van der Waals surface area contributed by atoms with Crippen molar-refractivity contribution in [1.82, 2.24) is 24.9 Å². The Hall–Kier alpha value is -3.18. The van der Waals surface area contributed by atoms with Gasteiger partial charge in [0.15, 0.2) is 0 Å². The third-order valence-electron chi connectivity index (χ3n) is 5.45. The molecule has 0 spiro atoms. The van der Waals surface area contributed by atoms with Crippen molar-refractivity contribution in [3.63, 3.8) is 0 Å². The topological polar surface area (TPSA) is 47.7 Å². The van der Waals surface area contributed by atoms with Crippen molar-refractivity contribution >= 4 is 0 Å². The molecule has 0 aliphatic heterocycles. The maximum Gasteiger partial charge on any atom is 0.0695 e. The van der Waals surface area contributed by atoms with Gasteiger partial charge < -0.3 is 5.32 Å². The van der Waals surface area contributed by atoms with E-state index in [0.29, 0.717) is 0 Å². The first-order valence-electron chi connectivity index (χ1n) is 9.98. The van der Waals surface area contributed by atoms with E-state index in [2.05, 4.69) is 67.5 Å². The average molecular weight is 386 g/mol. The molecule has 148 valence electrons. The van der Waals surface area contributed by atoms with Gasteiger partial charge in [-0.3, -0.25) is 0 Å². The van der Waals surface area contributed by atoms with E-state index in [1.165, 1.54) is 22.3 Å². The Labute approximate surface area is 172 Å². The molecular formula is C24H27N5. The van der Waals surface area contributed by atoms with Crippen LogP contribution in [0.25, 0.3) is 11.4 Å². The van der Waals surface area contributed by atoms with Gasteiger partial charge in [-0.1, -0.05) is 24.3 Å². The van der Waals surface area contributed by atoms with E-state index in [9.17, 15) is 0 Å². The Morgan fingerprint density at radius 3 is 2.52 bits per heavy atom. The van der Waals surface area contributed by atoms with Crippen LogP contribution in [-0.2, 0) is 6.54 Å². The number of para-hydroxylation sites is 1. The standard InChI is InChI=1S/C24H27N5/c1-17-13-18(2)22(24(14-17)28-12-8-11-26-28)15-25-19(3)23-16-27-29(20(23)4)21-9-6-5-7-10-21/h5-14,16,19,25H,15H2,1-4H3/t19-/m0/s1. The van der Waals surface area contributed by atoms with Crippen molar-refractivity contribution in [3.05, 3.63) is 95.1 Å². The lowest BCUT2D eigenvalue weighted by Gasteiger charge is -2.18. The predicted molar refractivity (Wildman–Crippen MR) is 117 cm³/mol. The summed E-state index contributed by atoms with van der Waals surface area (Å²) in [7, 11) is 0. The molecule has 5 nitrogen and oxygen atoms in total. The second-order valence-electron chi connectivity index (χ2n) is 7.57. The number of hydrogen-bond donors (Lipinski definition) is 1. The van der Waals surface area contributed by atoms with Crippen molar-refractivity contribution in [2.45, 2.75) is 40.3 Å². The summed E-state index contributed by atoms with van der Waals surface area (Å²) in [5.74, 6) is 0. The van der Waals surface area contributed by atoms with Gasteiger partial charge in [-0.15, -0.1) is 0 Å². The van der Waals surface area contributed by atoms with E-state index < -0.39 is 0 Å². The summed E-state index contributed by atoms with van der Waals surface area (Å²) >= 11 is 0. The number of rotatable bonds is 6. The lowest BCUT2D eigenvalue weighted by molar-refractivity contribution is 0.568. The van der Waals surface area contributed by atoms with Crippen LogP contribution in [0, 0.1) is 20.8 Å². The smallest absolute Gasteiger partial charge is 0.0695 e. The van der Waals surface area contributed by atoms with Crippen LogP contribution >= 0.6 is 0 Å². The summed E-state index contributed by atoms with van der Waals surface area (Å²) in [6.45, 7) is 9.37. The molecule has 29 heavy (non-hydrogen) atoms. The summed E-state index contributed by atoms with van der Waals surface area (Å²) in [5.41, 5.74) is 8.35. The molecule has 0 radical (unpaired) electrons. The van der Waals surface area contributed by atoms with Gasteiger partial charge in [-0.25, -0.2) is 9.36 Å². The zero-order chi connectivity index (χ0) is 20.4. The van der Waals surface area contributed by atoms with Crippen LogP contribution < -0.4 is 5.32 Å². The number of benzene rings is 2. The minimum Gasteiger partial charge on any atom is -0.306 e. The van der Waals surface area contributed by atoms with Crippen LogP contribution in [0.3, 0.4) is 0 Å². The first-order chi connectivity index (χ1) is 14.0. The first kappa shape index (κ1) is 19.2. The fourth-order valence-electron chi connectivity index (χ4n) is 3.86. The summed E-state index contributed by atoms with van der Waals surface area (Å²) < 4.78 is 3.94. The number of hydrogen-bond acceptors (Lipinski definition) is 3. The predicted octanol–water partition coefficient (Wildman–Crippen LogP) is 4.83. The molecule has 1 N–H and O–H groups in total. The van der Waals surface area contributed by atoms with Crippen molar-refractivity contribution in [2.75, 3.05) is 0 Å². The molecule has 0 unspecified atom stereocenters. The van der Waals surface area contributed by atoms with Gasteiger partial charge in [0.1, 0.15) is 0 Å². The molecule has 0 saturated carbocycles. The van der Waals surface area contributed by atoms with Gasteiger partial charge in [0.25, 0.3) is 0 Å². The Morgan fingerprint density at radius 1 is 1.00 bits per heavy atom. The SMILES string of the molecule is Cc1cc(C)c(CN[C@@H](C)c2cnn(-c3ccccc3)c2C)c(-n2cccn2)c1. The van der Waals surface area contributed by atoms with E-state index in [0.717, 1.165) is 23.6 Å². The Kier molecular flexibility index (Phi) is 5.32. The molecular weight excluding hydrogens is 358 g/mol. The van der Waals surface area contributed by atoms with Crippen LogP contribution in [0.5, 0.6) is 0 Å². The zero-order valence-corrected chi connectivity index (χ0v) is 17.4. The van der Waals surface area contributed by atoms with Crippen molar-refractivity contribution in [3.8, 4) is 11.4 Å². The molecule has 0 saturated heterocycles. The number of aryl methyl sites for hydroxylation is 2. The van der Waals surface area contributed by atoms with Gasteiger partial charge in [-0.2, -0.15) is 10.2 Å². The summed E-state index contributed by atoms with van der Waals surface area (Å²) in [6.07, 6.45) is 5.78. The molecule has 0 amide bonds. The van der Waals surface area contributed by atoms with E-state index in [1.54, 1.807) is 0 Å². The van der Waals surface area contributed by atoms with Gasteiger partial charge in [0.05, 0.1) is 17.6 Å². The molecule has 2 heterocycles. The molecule has 0 aliphatic rings. The highest BCUT2D eigenvalue weighted by molar-refractivity contribution is 5.48. The summed E-state index contributed by atoms with van der Waals surface area (Å²) in [6, 6.07) is 16.8. The fraction of sp³-hybridized carbons (Fsp3) is 0.250. The van der Waals surface area contributed by atoms with Crippen molar-refractivity contribution in [1.29, 1.82) is 0 Å². The second-order valence-corrected chi connectivity index (χ2v) is 7.57. The first-order valence-corrected chi connectivity index (χ1v) is 9.98. The van der Waals surface area contributed by atoms with Gasteiger partial charge in [-0.05, 0) is 68.7 Å². The van der Waals surface area contributed by atoms with Crippen LogP contribution in [0.1, 0.15) is 40.9 Å². The monoisotopic (exact) mass is 385 g/mol. The minimum atomic E-state index is 0.179. The largest absolute Gasteiger partial charge is 0.306 e. The highest BCUT2D eigenvalue weighted by Crippen LogP contribution is 2.24. The Morgan fingerprint density at radius 2 is 1.79 bits per heavy atom. The van der Waals surface area contributed by atoms with Gasteiger partial charge in [0, 0.05) is 36.2 Å². The molecule has 0 bridgehead atoms. The number of nitrogens with zero attached hydrogens (tertiary/aromatic N) is 4. The quantitative estimate of drug-likeness (QED) is 0.517. The summed E-state index contributed by atoms with van der Waals surface area (Å²) in [5, 5.41) is 12.7. The second kappa shape index (κ2) is 8.05. The van der Waals surface area contributed by atoms with Crippen molar-refractivity contribution < 1.29 is 0 Å². The molecule has 2 aromatic carbocycles. The maximum atomic E-state index is 4.61. The highest BCUT2D eigenvalue weighted by Gasteiger charge is 2.16. The van der Waals surface area contributed by atoms with E-state index in [1.807, 2.05) is 52.2 Å². The Balaban J connectivity index is 1.57. The molecule has 4 rings (SSSR count). The molecule has 4 aromatic rings. The summed E-state index contributed by atoms with van der Waals surface area (Å²) in [4.78, 5) is 0. The van der Waals surface area contributed by atoms with E-state index >= 15 is 0 Å². The zero-order valence-electron chi connectivity index (χ0n) is 17.4. The average Bonchev–Trinajstić information content (AvgIpc) is 3.37. The highest BCUT2D eigenvalue weighted by atomic mass is 15.3. The van der Waals surface area contributed by atoms with Gasteiger partial charge >= 0.3 is 0 Å². The lowest BCUT2D eigenvalue weighted by atomic mass is 10.0. The van der Waals surface area contributed by atoms with E-state index in [-0.39, 0.29) is 6.04 Å².